The molecule has 75 heavy (non-hydrogen) atoms. The third-order valence-corrected chi connectivity index (χ3v) is 12.3. The lowest BCUT2D eigenvalue weighted by atomic mass is 10.1. The monoisotopic (exact) mass is 1030 g/mol. The summed E-state index contributed by atoms with van der Waals surface area (Å²) in [5.41, 5.74) is 0. The molecule has 0 radical (unpaired) electrons. The number of unbranched alkanes of at least 4 members (excludes halogenated alkanes) is 18. The lowest BCUT2D eigenvalue weighted by Crippen LogP contribution is -2.30. The molecule has 6 heteroatoms. The average molecular weight is 1040 g/mol. The van der Waals surface area contributed by atoms with Gasteiger partial charge in [0.05, 0.1) is 0 Å². The Balaban J connectivity index is 4.14. The zero-order valence-electron chi connectivity index (χ0n) is 48.3. The minimum Gasteiger partial charge on any atom is -0.462 e. The molecule has 0 aliphatic heterocycles. The summed E-state index contributed by atoms with van der Waals surface area (Å²) in [5.74, 6) is -0.957. The number of hydrogen-bond donors (Lipinski definition) is 0. The van der Waals surface area contributed by atoms with Crippen molar-refractivity contribution in [2.24, 2.45) is 0 Å². The Bertz CT molecular complexity index is 1660. The minimum absolute atomic E-state index is 0.0987. The van der Waals surface area contributed by atoms with Crippen molar-refractivity contribution in [1.29, 1.82) is 0 Å². The van der Waals surface area contributed by atoms with Crippen molar-refractivity contribution in [3.63, 3.8) is 0 Å². The quantitative estimate of drug-likeness (QED) is 0.0261. The molecule has 0 rings (SSSR count). The largest absolute Gasteiger partial charge is 0.462 e. The number of allylic oxidation sites excluding steroid dienone is 24. The first-order valence-corrected chi connectivity index (χ1v) is 30.3. The highest BCUT2D eigenvalue weighted by Crippen LogP contribution is 2.14. The molecule has 0 aromatic heterocycles. The summed E-state index contributed by atoms with van der Waals surface area (Å²) < 4.78 is 16.7. The molecule has 1 unspecified atom stereocenters. The molecule has 0 aromatic rings. The van der Waals surface area contributed by atoms with E-state index in [2.05, 4.69) is 167 Å². The van der Waals surface area contributed by atoms with Crippen LogP contribution in [0.1, 0.15) is 252 Å². The van der Waals surface area contributed by atoms with Gasteiger partial charge in [-0.15, -0.1) is 0 Å². The highest BCUT2D eigenvalue weighted by atomic mass is 16.6. The molecular formula is C69H110O6. The highest BCUT2D eigenvalue weighted by Gasteiger charge is 2.19. The van der Waals surface area contributed by atoms with Gasteiger partial charge in [0.2, 0.25) is 0 Å². The van der Waals surface area contributed by atoms with Gasteiger partial charge in [0, 0.05) is 19.3 Å². The summed E-state index contributed by atoms with van der Waals surface area (Å²) in [6.07, 6.45) is 88.8. The topological polar surface area (TPSA) is 78.9 Å². The van der Waals surface area contributed by atoms with E-state index in [9.17, 15) is 14.4 Å². The van der Waals surface area contributed by atoms with Crippen LogP contribution in [0, 0.1) is 0 Å². The minimum atomic E-state index is -0.803. The molecule has 0 spiro atoms. The van der Waals surface area contributed by atoms with Crippen molar-refractivity contribution in [1.82, 2.24) is 0 Å². The summed E-state index contributed by atoms with van der Waals surface area (Å²) in [4.78, 5) is 37.9. The van der Waals surface area contributed by atoms with E-state index >= 15 is 0 Å². The van der Waals surface area contributed by atoms with Crippen molar-refractivity contribution < 1.29 is 28.6 Å². The summed E-state index contributed by atoms with van der Waals surface area (Å²) in [6.45, 7) is 6.32. The Morgan fingerprint density at radius 1 is 0.280 bits per heavy atom. The maximum absolute atomic E-state index is 12.8. The van der Waals surface area contributed by atoms with E-state index in [0.29, 0.717) is 19.3 Å². The van der Waals surface area contributed by atoms with Crippen LogP contribution in [-0.2, 0) is 28.6 Å². The van der Waals surface area contributed by atoms with Crippen LogP contribution in [0.15, 0.2) is 146 Å². The van der Waals surface area contributed by atoms with E-state index in [-0.39, 0.29) is 37.5 Å². The number of carbonyl (C=O) groups excluding carboxylic acids is 3. The lowest BCUT2D eigenvalue weighted by molar-refractivity contribution is -0.167. The number of rotatable bonds is 53. The molecule has 0 aliphatic carbocycles. The molecule has 6 nitrogen and oxygen atoms in total. The summed E-state index contributed by atoms with van der Waals surface area (Å²) in [6, 6.07) is 0. The Morgan fingerprint density at radius 3 is 0.840 bits per heavy atom. The predicted molar refractivity (Wildman–Crippen MR) is 325 cm³/mol. The van der Waals surface area contributed by atoms with Crippen LogP contribution in [0.5, 0.6) is 0 Å². The van der Waals surface area contributed by atoms with E-state index in [1.165, 1.54) is 70.6 Å². The first-order chi connectivity index (χ1) is 37.0. The molecular weight excluding hydrogens is 925 g/mol. The Morgan fingerprint density at radius 2 is 0.520 bits per heavy atom. The van der Waals surface area contributed by atoms with Crippen LogP contribution in [0.2, 0.25) is 0 Å². The fourth-order valence-electron chi connectivity index (χ4n) is 7.86. The van der Waals surface area contributed by atoms with Gasteiger partial charge in [-0.3, -0.25) is 14.4 Å². The fraction of sp³-hybridized carbons (Fsp3) is 0.609. The molecule has 0 N–H and O–H groups in total. The van der Waals surface area contributed by atoms with Gasteiger partial charge in [-0.05, 0) is 122 Å². The van der Waals surface area contributed by atoms with Gasteiger partial charge in [-0.1, -0.05) is 256 Å². The molecule has 0 aliphatic rings. The third-order valence-electron chi connectivity index (χ3n) is 12.3. The lowest BCUT2D eigenvalue weighted by Gasteiger charge is -2.18. The van der Waals surface area contributed by atoms with Gasteiger partial charge in [0.15, 0.2) is 6.10 Å². The fourth-order valence-corrected chi connectivity index (χ4v) is 7.86. The standard InChI is InChI=1S/C69H110O6/c1-4-7-10-13-16-18-20-22-24-25-26-27-28-29-30-31-32-33-34-35-36-37-38-39-40-41-42-43-45-46-48-50-53-56-59-62-68(71)74-65-66(64-73-67(70)61-58-55-52-15-12-9-6-3)75-69(72)63-60-57-54-51-49-47-44-23-21-19-17-14-11-8-5-2/h7-8,10-11,16-19,22-24,26-27,29-30,32-33,35-36,38-39,44,49,51,66H,4-6,9,12-15,20-21,25,28,31,34,37,40-43,45-48,50,52-65H2,1-3H3/b10-7-,11-8-,18-16-,19-17-,24-22-,27-26-,30-29-,33-32-,36-35-,39-38-,44-23-,51-49-. The van der Waals surface area contributed by atoms with Crippen molar-refractivity contribution in [2.75, 3.05) is 13.2 Å². The molecule has 1 atom stereocenters. The average Bonchev–Trinajstić information content (AvgIpc) is 3.41. The molecule has 0 fully saturated rings. The first-order valence-electron chi connectivity index (χ1n) is 30.3. The van der Waals surface area contributed by atoms with Gasteiger partial charge in [0.1, 0.15) is 13.2 Å². The van der Waals surface area contributed by atoms with Crippen molar-refractivity contribution in [3.8, 4) is 0 Å². The predicted octanol–water partition coefficient (Wildman–Crippen LogP) is 20.8. The van der Waals surface area contributed by atoms with E-state index in [1.54, 1.807) is 0 Å². The van der Waals surface area contributed by atoms with Crippen molar-refractivity contribution in [3.05, 3.63) is 146 Å². The Hall–Kier alpha value is -4.71. The molecule has 0 bridgehead atoms. The van der Waals surface area contributed by atoms with Crippen LogP contribution in [0.25, 0.3) is 0 Å². The first kappa shape index (κ1) is 70.3. The maximum atomic E-state index is 12.8. The molecule has 0 aromatic carbocycles. The van der Waals surface area contributed by atoms with Crippen molar-refractivity contribution in [2.45, 2.75) is 258 Å². The van der Waals surface area contributed by atoms with Gasteiger partial charge < -0.3 is 14.2 Å². The van der Waals surface area contributed by atoms with Crippen LogP contribution >= 0.6 is 0 Å². The summed E-state index contributed by atoms with van der Waals surface area (Å²) >= 11 is 0. The van der Waals surface area contributed by atoms with E-state index in [0.717, 1.165) is 135 Å². The van der Waals surface area contributed by atoms with Gasteiger partial charge in [-0.25, -0.2) is 0 Å². The maximum Gasteiger partial charge on any atom is 0.306 e. The van der Waals surface area contributed by atoms with Crippen molar-refractivity contribution >= 4 is 17.9 Å². The summed E-state index contributed by atoms with van der Waals surface area (Å²) in [7, 11) is 0. The van der Waals surface area contributed by atoms with E-state index in [4.69, 9.17) is 14.2 Å². The number of ether oxygens (including phenoxy) is 3. The molecule has 0 amide bonds. The van der Waals surface area contributed by atoms with Gasteiger partial charge >= 0.3 is 17.9 Å². The van der Waals surface area contributed by atoms with E-state index in [1.807, 2.05) is 0 Å². The van der Waals surface area contributed by atoms with E-state index < -0.39 is 6.10 Å². The zero-order valence-corrected chi connectivity index (χ0v) is 48.3. The molecule has 422 valence electrons. The number of esters is 3. The second-order valence-corrected chi connectivity index (χ2v) is 19.5. The molecule has 0 saturated carbocycles. The third kappa shape index (κ3) is 60.0. The van der Waals surface area contributed by atoms with Crippen LogP contribution < -0.4 is 0 Å². The molecule has 0 saturated heterocycles. The van der Waals surface area contributed by atoms with Crippen LogP contribution in [0.4, 0.5) is 0 Å². The van der Waals surface area contributed by atoms with Crippen LogP contribution in [0.3, 0.4) is 0 Å². The summed E-state index contributed by atoms with van der Waals surface area (Å²) in [5, 5.41) is 0. The Kier molecular flexibility index (Phi) is 58.0. The highest BCUT2D eigenvalue weighted by molar-refractivity contribution is 5.71. The Labute approximate surface area is 461 Å². The zero-order chi connectivity index (χ0) is 54.3. The van der Waals surface area contributed by atoms with Gasteiger partial charge in [0.25, 0.3) is 0 Å². The normalized spacial score (nSPS) is 13.2. The smallest absolute Gasteiger partial charge is 0.306 e. The SMILES string of the molecule is CC/C=C\C/C=C\C/C=C\C/C=C\C/C=C\C/C=C\C/C=C\C/C=C\CCCCCCCCCCCCC(=O)OCC(COC(=O)CCCCCCCCC)OC(=O)CCCC/C=C\C/C=C\C/C=C\C/C=C\CC. The van der Waals surface area contributed by atoms with Gasteiger partial charge in [-0.2, -0.15) is 0 Å². The molecule has 0 heterocycles. The number of hydrogen-bond acceptors (Lipinski definition) is 6. The second kappa shape index (κ2) is 61.8. The van der Waals surface area contributed by atoms with Crippen LogP contribution in [-0.4, -0.2) is 37.2 Å². The second-order valence-electron chi connectivity index (χ2n) is 19.5. The number of carbonyl (C=O) groups is 3.